The monoisotopic (exact) mass is 760 g/mol. The van der Waals surface area contributed by atoms with Gasteiger partial charge < -0.3 is 20.7 Å². The number of carbonyl (C=O) groups excluding carboxylic acids is 4. The van der Waals surface area contributed by atoms with Gasteiger partial charge in [-0.05, 0) is 90.4 Å². The van der Waals surface area contributed by atoms with Crippen LogP contribution >= 0.6 is 23.1 Å². The molecule has 274 valence electrons. The first kappa shape index (κ1) is 37.7. The van der Waals surface area contributed by atoms with Crippen molar-refractivity contribution in [2.24, 2.45) is 5.92 Å². The number of hydrogen-bond donors (Lipinski definition) is 3. The van der Waals surface area contributed by atoms with Crippen LogP contribution in [0.1, 0.15) is 60.9 Å². The molecule has 5 aromatic rings. The van der Waals surface area contributed by atoms with Crippen LogP contribution in [0.5, 0.6) is 0 Å². The van der Waals surface area contributed by atoms with Crippen LogP contribution in [0.4, 0.5) is 16.4 Å². The molecular formula is C41H36N4O7S2. The van der Waals surface area contributed by atoms with Crippen molar-refractivity contribution in [1.29, 1.82) is 0 Å². The molecule has 4 aromatic carbocycles. The van der Waals surface area contributed by atoms with Crippen LogP contribution in [0.15, 0.2) is 120 Å². The van der Waals surface area contributed by atoms with Gasteiger partial charge in [0.25, 0.3) is 17.5 Å². The maximum Gasteiger partial charge on any atom is 0.341 e. The quantitative estimate of drug-likeness (QED) is 0.0376. The van der Waals surface area contributed by atoms with E-state index in [0.29, 0.717) is 38.2 Å². The summed E-state index contributed by atoms with van der Waals surface area (Å²) in [6.07, 6.45) is 3.95. The van der Waals surface area contributed by atoms with Crippen LogP contribution in [0.2, 0.25) is 0 Å². The van der Waals surface area contributed by atoms with Crippen molar-refractivity contribution < 1.29 is 28.8 Å². The number of nitrogens with zero attached hydrogens (tertiary/aromatic N) is 1. The molecule has 0 saturated heterocycles. The molecule has 1 heterocycles. The topological polar surface area (TPSA) is 157 Å². The number of nitro benzene ring substituents is 1. The lowest BCUT2D eigenvalue weighted by atomic mass is 9.88. The second kappa shape index (κ2) is 17.2. The van der Waals surface area contributed by atoms with Crippen molar-refractivity contribution in [1.82, 2.24) is 5.32 Å². The lowest BCUT2D eigenvalue weighted by Gasteiger charge is -2.18. The highest BCUT2D eigenvalue weighted by molar-refractivity contribution is 8.00. The number of carbonyl (C=O) groups is 4. The summed E-state index contributed by atoms with van der Waals surface area (Å²) in [5.41, 5.74) is 3.07. The van der Waals surface area contributed by atoms with Crippen LogP contribution < -0.4 is 16.0 Å². The van der Waals surface area contributed by atoms with E-state index in [-0.39, 0.29) is 17.3 Å². The summed E-state index contributed by atoms with van der Waals surface area (Å²) in [5, 5.41) is 19.5. The normalized spacial score (nSPS) is 14.3. The zero-order valence-corrected chi connectivity index (χ0v) is 31.0. The maximum absolute atomic E-state index is 14.1. The van der Waals surface area contributed by atoms with Crippen LogP contribution in [-0.4, -0.2) is 35.7 Å². The summed E-state index contributed by atoms with van der Waals surface area (Å²) < 4.78 is 5.13. The van der Waals surface area contributed by atoms with Crippen LogP contribution in [0, 0.1) is 16.0 Å². The zero-order chi connectivity index (χ0) is 38.2. The van der Waals surface area contributed by atoms with Gasteiger partial charge in [-0.25, -0.2) is 4.79 Å². The molecule has 1 aliphatic carbocycles. The number of thiophene rings is 1. The Balaban J connectivity index is 1.25. The third kappa shape index (κ3) is 9.11. The van der Waals surface area contributed by atoms with Crippen molar-refractivity contribution in [3.05, 3.63) is 158 Å². The van der Waals surface area contributed by atoms with Gasteiger partial charge in [-0.1, -0.05) is 61.5 Å². The average Bonchev–Trinajstić information content (AvgIpc) is 3.53. The first-order chi connectivity index (χ1) is 26.1. The van der Waals surface area contributed by atoms with E-state index in [2.05, 4.69) is 22.9 Å². The number of rotatable bonds is 12. The van der Waals surface area contributed by atoms with E-state index in [1.165, 1.54) is 60.5 Å². The van der Waals surface area contributed by atoms with E-state index in [0.717, 1.165) is 35.3 Å². The molecule has 0 spiro atoms. The number of fused-ring (bicyclic) bond motifs is 1. The van der Waals surface area contributed by atoms with E-state index in [1.54, 1.807) is 48.5 Å². The smallest absolute Gasteiger partial charge is 0.341 e. The Morgan fingerprint density at radius 1 is 0.926 bits per heavy atom. The van der Waals surface area contributed by atoms with E-state index < -0.39 is 28.0 Å². The zero-order valence-electron chi connectivity index (χ0n) is 29.4. The lowest BCUT2D eigenvalue weighted by Crippen LogP contribution is -2.30. The van der Waals surface area contributed by atoms with E-state index in [9.17, 15) is 29.3 Å². The highest BCUT2D eigenvalue weighted by Gasteiger charge is 2.31. The maximum atomic E-state index is 14.1. The van der Waals surface area contributed by atoms with Gasteiger partial charge in [0, 0.05) is 33.2 Å². The van der Waals surface area contributed by atoms with Gasteiger partial charge in [0.15, 0.2) is 0 Å². The number of methoxy groups -OCH3 is 1. The molecule has 3 amide bonds. The molecule has 11 nitrogen and oxygen atoms in total. The first-order valence-electron chi connectivity index (χ1n) is 17.1. The van der Waals surface area contributed by atoms with E-state index in [1.807, 2.05) is 36.4 Å². The SMILES string of the molecule is COC(=O)c1c(NC(=O)C(Sc2cccc(NC(=O)/C(=C\c3ccc([N+](=O)[O-])cc3)NC(=O)c3ccccc3)c2)c2ccccc2)sc2c1CCC(C)C2. The van der Waals surface area contributed by atoms with Gasteiger partial charge in [0.05, 0.1) is 17.6 Å². The summed E-state index contributed by atoms with van der Waals surface area (Å²) in [7, 11) is 1.34. The summed E-state index contributed by atoms with van der Waals surface area (Å²) in [6, 6.07) is 30.2. The number of non-ortho nitro benzene ring substituents is 1. The fraction of sp³-hybridized carbons (Fsp3) is 0.171. The Kier molecular flexibility index (Phi) is 12.0. The lowest BCUT2D eigenvalue weighted by molar-refractivity contribution is -0.384. The second-order valence-corrected chi connectivity index (χ2v) is 14.9. The third-order valence-corrected chi connectivity index (χ3v) is 11.2. The second-order valence-electron chi connectivity index (χ2n) is 12.7. The van der Waals surface area contributed by atoms with Crippen molar-refractivity contribution in [2.45, 2.75) is 36.3 Å². The summed E-state index contributed by atoms with van der Waals surface area (Å²) in [6.45, 7) is 2.17. The molecule has 1 aliphatic rings. The summed E-state index contributed by atoms with van der Waals surface area (Å²) in [5.74, 6) is -1.49. The highest BCUT2D eigenvalue weighted by atomic mass is 32.2. The van der Waals surface area contributed by atoms with Gasteiger partial charge >= 0.3 is 5.97 Å². The van der Waals surface area contributed by atoms with E-state index >= 15 is 0 Å². The van der Waals surface area contributed by atoms with Gasteiger partial charge in [-0.3, -0.25) is 24.5 Å². The standard InChI is InChI=1S/C41H36N4O7S2/c1-25-16-21-32-34(22-25)54-40(35(32)41(49)52-2)44-39(48)36(27-10-5-3-6-11-27)53-31-15-9-14-29(24-31)42-38(47)33(43-37(46)28-12-7-4-8-13-28)23-26-17-19-30(20-18-26)45(50)51/h3-15,17-20,23-25,36H,16,21-22H2,1-2H3,(H,42,47)(H,43,46)(H,44,48)/b33-23+. The van der Waals surface area contributed by atoms with Gasteiger partial charge in [-0.2, -0.15) is 0 Å². The molecular weight excluding hydrogens is 725 g/mol. The van der Waals surface area contributed by atoms with Gasteiger partial charge in [0.1, 0.15) is 15.9 Å². The van der Waals surface area contributed by atoms with Crippen molar-refractivity contribution in [2.75, 3.05) is 17.7 Å². The largest absolute Gasteiger partial charge is 0.465 e. The van der Waals surface area contributed by atoms with E-state index in [4.69, 9.17) is 4.74 Å². The minimum atomic E-state index is -0.733. The predicted molar refractivity (Wildman–Crippen MR) is 211 cm³/mol. The Hall–Kier alpha value is -6.05. The molecule has 0 radical (unpaired) electrons. The fourth-order valence-electron chi connectivity index (χ4n) is 6.02. The Bertz CT molecular complexity index is 2220. The number of benzene rings is 4. The Morgan fingerprint density at radius 2 is 1.63 bits per heavy atom. The summed E-state index contributed by atoms with van der Waals surface area (Å²) in [4.78, 5) is 66.3. The molecule has 3 N–H and O–H groups in total. The highest BCUT2D eigenvalue weighted by Crippen LogP contribution is 2.42. The van der Waals surface area contributed by atoms with Crippen molar-refractivity contribution >= 4 is 69.2 Å². The average molecular weight is 761 g/mol. The molecule has 6 rings (SSSR count). The molecule has 0 bridgehead atoms. The Labute approximate surface area is 320 Å². The molecule has 54 heavy (non-hydrogen) atoms. The predicted octanol–water partition coefficient (Wildman–Crippen LogP) is 8.45. The number of anilines is 2. The van der Waals surface area contributed by atoms with Crippen molar-refractivity contribution in [3.63, 3.8) is 0 Å². The number of nitrogens with one attached hydrogen (secondary N) is 3. The first-order valence-corrected chi connectivity index (χ1v) is 18.8. The number of thioether (sulfide) groups is 1. The molecule has 1 aromatic heterocycles. The number of nitro groups is 1. The molecule has 0 aliphatic heterocycles. The molecule has 0 saturated carbocycles. The molecule has 2 unspecified atom stereocenters. The fourth-order valence-corrected chi connectivity index (χ4v) is 8.50. The van der Waals surface area contributed by atoms with Gasteiger partial charge in [0.2, 0.25) is 5.91 Å². The third-order valence-electron chi connectivity index (χ3n) is 8.77. The number of hydrogen-bond acceptors (Lipinski definition) is 9. The van der Waals surface area contributed by atoms with Crippen molar-refractivity contribution in [3.8, 4) is 0 Å². The molecule has 2 atom stereocenters. The molecule has 13 heteroatoms. The van der Waals surface area contributed by atoms with Crippen LogP contribution in [0.25, 0.3) is 6.08 Å². The van der Waals surface area contributed by atoms with Crippen LogP contribution in [-0.2, 0) is 27.2 Å². The number of amides is 3. The van der Waals surface area contributed by atoms with Crippen LogP contribution in [0.3, 0.4) is 0 Å². The molecule has 0 fully saturated rings. The van der Waals surface area contributed by atoms with Gasteiger partial charge in [-0.15, -0.1) is 23.1 Å². The minimum Gasteiger partial charge on any atom is -0.465 e. The number of ether oxygens (including phenoxy) is 1. The summed E-state index contributed by atoms with van der Waals surface area (Å²) >= 11 is 2.69. The Morgan fingerprint density at radius 3 is 2.31 bits per heavy atom. The minimum absolute atomic E-state index is 0.0910. The number of esters is 1.